The summed E-state index contributed by atoms with van der Waals surface area (Å²) in [6.07, 6.45) is 0. The number of carbonyl (C=O) groups is 1. The van der Waals surface area contributed by atoms with Crippen molar-refractivity contribution in [1.29, 1.82) is 0 Å². The lowest BCUT2D eigenvalue weighted by Crippen LogP contribution is -2.04. The monoisotopic (exact) mass is 464 g/mol. The molecule has 0 saturated heterocycles. The SMILES string of the molecule is CC(C)C(=O)c1ccc(-c2c(Br)cc(Br)cc2Br)s1. The first-order chi connectivity index (χ1) is 8.90. The molecule has 0 aliphatic rings. The predicted molar refractivity (Wildman–Crippen MR) is 92.0 cm³/mol. The molecule has 0 bridgehead atoms. The summed E-state index contributed by atoms with van der Waals surface area (Å²) in [7, 11) is 0. The Morgan fingerprint density at radius 2 is 1.68 bits per heavy atom. The van der Waals surface area contributed by atoms with Crippen LogP contribution < -0.4 is 0 Å². The lowest BCUT2D eigenvalue weighted by molar-refractivity contribution is 0.0943. The van der Waals surface area contributed by atoms with Gasteiger partial charge < -0.3 is 0 Å². The number of hydrogen-bond acceptors (Lipinski definition) is 2. The third-order valence-corrected chi connectivity index (χ3v) is 5.45. The van der Waals surface area contributed by atoms with E-state index in [2.05, 4.69) is 47.8 Å². The Labute approximate surface area is 141 Å². The Hall–Kier alpha value is 0.0300. The number of halogens is 3. The van der Waals surface area contributed by atoms with Crippen molar-refractivity contribution >= 4 is 64.9 Å². The first kappa shape index (κ1) is 15.4. The first-order valence-corrected chi connectivity index (χ1v) is 8.88. The van der Waals surface area contributed by atoms with Gasteiger partial charge in [-0.05, 0) is 24.3 Å². The average molecular weight is 467 g/mol. The molecule has 19 heavy (non-hydrogen) atoms. The average Bonchev–Trinajstić information content (AvgIpc) is 2.75. The van der Waals surface area contributed by atoms with E-state index in [1.807, 2.05) is 38.1 Å². The standard InChI is InChI=1S/C14H11Br3OS/c1-7(2)14(18)12-4-3-11(19-12)13-9(16)5-8(15)6-10(13)17/h3-7H,1-2H3. The zero-order valence-electron chi connectivity index (χ0n) is 10.3. The lowest BCUT2D eigenvalue weighted by Gasteiger charge is -2.06. The van der Waals surface area contributed by atoms with E-state index in [0.29, 0.717) is 0 Å². The zero-order valence-corrected chi connectivity index (χ0v) is 15.9. The Morgan fingerprint density at radius 3 is 2.21 bits per heavy atom. The fourth-order valence-electron chi connectivity index (χ4n) is 1.67. The molecule has 0 radical (unpaired) electrons. The number of thiophene rings is 1. The molecular weight excluding hydrogens is 456 g/mol. The number of carbonyl (C=O) groups excluding carboxylic acids is 1. The van der Waals surface area contributed by atoms with E-state index in [1.54, 1.807) is 0 Å². The fraction of sp³-hybridized carbons (Fsp3) is 0.214. The minimum Gasteiger partial charge on any atom is -0.293 e. The number of benzene rings is 1. The van der Waals surface area contributed by atoms with Crippen molar-refractivity contribution in [2.24, 2.45) is 5.92 Å². The molecule has 5 heteroatoms. The van der Waals surface area contributed by atoms with E-state index in [9.17, 15) is 4.79 Å². The largest absolute Gasteiger partial charge is 0.293 e. The molecule has 0 atom stereocenters. The molecule has 0 N–H and O–H groups in total. The van der Waals surface area contributed by atoms with Crippen LogP contribution in [0, 0.1) is 5.92 Å². The lowest BCUT2D eigenvalue weighted by atomic mass is 10.1. The van der Waals surface area contributed by atoms with Crippen molar-refractivity contribution < 1.29 is 4.79 Å². The third kappa shape index (κ3) is 3.38. The van der Waals surface area contributed by atoms with Crippen molar-refractivity contribution in [2.45, 2.75) is 13.8 Å². The van der Waals surface area contributed by atoms with Gasteiger partial charge in [0.15, 0.2) is 5.78 Å². The molecular formula is C14H11Br3OS. The molecule has 0 aliphatic carbocycles. The Kier molecular flexibility index (Phi) is 5.04. The maximum Gasteiger partial charge on any atom is 0.175 e. The Bertz CT molecular complexity index is 608. The molecule has 0 aliphatic heterocycles. The van der Waals surface area contributed by atoms with E-state index in [-0.39, 0.29) is 11.7 Å². The van der Waals surface area contributed by atoms with Crippen LogP contribution in [0.4, 0.5) is 0 Å². The number of hydrogen-bond donors (Lipinski definition) is 0. The van der Waals surface area contributed by atoms with E-state index >= 15 is 0 Å². The van der Waals surface area contributed by atoms with Crippen LogP contribution in [0.2, 0.25) is 0 Å². The Morgan fingerprint density at radius 1 is 1.11 bits per heavy atom. The normalized spacial score (nSPS) is 11.1. The molecule has 2 aromatic rings. The summed E-state index contributed by atoms with van der Waals surface area (Å²) in [5.74, 6) is 0.226. The summed E-state index contributed by atoms with van der Waals surface area (Å²) < 4.78 is 3.00. The highest BCUT2D eigenvalue weighted by Gasteiger charge is 2.16. The van der Waals surface area contributed by atoms with Crippen molar-refractivity contribution in [3.8, 4) is 10.4 Å². The number of Topliss-reactive ketones (excluding diaryl/α,β-unsaturated/α-hetero) is 1. The molecule has 1 aromatic heterocycles. The Balaban J connectivity index is 2.47. The number of rotatable bonds is 3. The highest BCUT2D eigenvalue weighted by molar-refractivity contribution is 9.11. The van der Waals surface area contributed by atoms with E-state index in [0.717, 1.165) is 28.7 Å². The van der Waals surface area contributed by atoms with E-state index in [4.69, 9.17) is 0 Å². The summed E-state index contributed by atoms with van der Waals surface area (Å²) in [5, 5.41) is 0. The minimum atomic E-state index is 0.0308. The molecule has 100 valence electrons. The highest BCUT2D eigenvalue weighted by Crippen LogP contribution is 2.41. The first-order valence-electron chi connectivity index (χ1n) is 5.69. The van der Waals surface area contributed by atoms with E-state index < -0.39 is 0 Å². The van der Waals surface area contributed by atoms with Gasteiger partial charge in [0, 0.05) is 29.8 Å². The second-order valence-electron chi connectivity index (χ2n) is 4.43. The molecule has 1 heterocycles. The summed E-state index contributed by atoms with van der Waals surface area (Å²) in [4.78, 5) is 13.9. The minimum absolute atomic E-state index is 0.0308. The molecule has 1 nitrogen and oxygen atoms in total. The maximum atomic E-state index is 12.0. The van der Waals surface area contributed by atoms with Gasteiger partial charge in [0.2, 0.25) is 0 Å². The molecule has 2 rings (SSSR count). The quantitative estimate of drug-likeness (QED) is 0.469. The molecule has 0 fully saturated rings. The van der Waals surface area contributed by atoms with Crippen molar-refractivity contribution in [3.05, 3.63) is 42.6 Å². The van der Waals surface area contributed by atoms with Gasteiger partial charge in [0.1, 0.15) is 0 Å². The smallest absolute Gasteiger partial charge is 0.175 e. The van der Waals surface area contributed by atoms with Gasteiger partial charge in [-0.15, -0.1) is 11.3 Å². The van der Waals surface area contributed by atoms with Crippen molar-refractivity contribution in [2.75, 3.05) is 0 Å². The summed E-state index contributed by atoms with van der Waals surface area (Å²) in [6, 6.07) is 7.91. The number of ketones is 1. The van der Waals surface area contributed by atoms with Crippen LogP contribution >= 0.6 is 59.1 Å². The molecule has 0 unspecified atom stereocenters. The van der Waals surface area contributed by atoms with Crippen LogP contribution in [-0.4, -0.2) is 5.78 Å². The van der Waals surface area contributed by atoms with Crippen molar-refractivity contribution in [3.63, 3.8) is 0 Å². The predicted octanol–water partition coefficient (Wildman–Crippen LogP) is 6.54. The summed E-state index contributed by atoms with van der Waals surface area (Å²) in [5.41, 5.74) is 1.08. The van der Waals surface area contributed by atoms with Gasteiger partial charge in [-0.1, -0.05) is 61.6 Å². The molecule has 0 amide bonds. The molecule has 0 saturated carbocycles. The molecule has 0 spiro atoms. The van der Waals surface area contributed by atoms with Crippen LogP contribution in [0.5, 0.6) is 0 Å². The topological polar surface area (TPSA) is 17.1 Å². The van der Waals surface area contributed by atoms with Crippen LogP contribution in [0.25, 0.3) is 10.4 Å². The van der Waals surface area contributed by atoms with Gasteiger partial charge in [0.25, 0.3) is 0 Å². The van der Waals surface area contributed by atoms with Gasteiger partial charge in [-0.3, -0.25) is 4.79 Å². The summed E-state index contributed by atoms with van der Waals surface area (Å²) >= 11 is 12.1. The fourth-order valence-corrected chi connectivity index (χ4v) is 5.78. The van der Waals surface area contributed by atoms with Crippen LogP contribution in [0.15, 0.2) is 37.7 Å². The second-order valence-corrected chi connectivity index (χ2v) is 8.14. The van der Waals surface area contributed by atoms with Gasteiger partial charge in [-0.25, -0.2) is 0 Å². The van der Waals surface area contributed by atoms with Gasteiger partial charge in [0.05, 0.1) is 4.88 Å². The molecule has 1 aromatic carbocycles. The zero-order chi connectivity index (χ0) is 14.2. The van der Waals surface area contributed by atoms with Crippen molar-refractivity contribution in [1.82, 2.24) is 0 Å². The third-order valence-electron chi connectivity index (χ3n) is 2.63. The van der Waals surface area contributed by atoms with Gasteiger partial charge >= 0.3 is 0 Å². The highest BCUT2D eigenvalue weighted by atomic mass is 79.9. The van der Waals surface area contributed by atoms with Crippen LogP contribution in [0.3, 0.4) is 0 Å². The second kappa shape index (κ2) is 6.20. The van der Waals surface area contributed by atoms with Gasteiger partial charge in [-0.2, -0.15) is 0 Å². The summed E-state index contributed by atoms with van der Waals surface area (Å²) in [6.45, 7) is 3.85. The van der Waals surface area contributed by atoms with Crippen LogP contribution in [0.1, 0.15) is 23.5 Å². The van der Waals surface area contributed by atoms with E-state index in [1.165, 1.54) is 11.3 Å². The maximum absolute atomic E-state index is 12.0. The van der Waals surface area contributed by atoms with Crippen LogP contribution in [-0.2, 0) is 0 Å².